The molecule has 4 nitrogen and oxygen atoms in total. The van der Waals surface area contributed by atoms with Gasteiger partial charge in [0.05, 0.1) is 12.2 Å². The summed E-state index contributed by atoms with van der Waals surface area (Å²) in [4.78, 5) is 11.9. The molecule has 0 saturated carbocycles. The Hall–Kier alpha value is -1.36. The van der Waals surface area contributed by atoms with Gasteiger partial charge in [0.2, 0.25) is 0 Å². The van der Waals surface area contributed by atoms with Crippen LogP contribution in [0.1, 0.15) is 38.1 Å². The number of aromatic nitrogens is 2. The van der Waals surface area contributed by atoms with Gasteiger partial charge < -0.3 is 5.11 Å². The largest absolute Gasteiger partial charge is 0.386 e. The second-order valence-corrected chi connectivity index (χ2v) is 7.01. The van der Waals surface area contributed by atoms with Crippen molar-refractivity contribution in [1.82, 2.24) is 9.78 Å². The van der Waals surface area contributed by atoms with Gasteiger partial charge in [-0.25, -0.2) is 4.68 Å². The fourth-order valence-corrected chi connectivity index (χ4v) is 2.55. The predicted molar refractivity (Wildman–Crippen MR) is 88.6 cm³/mol. The van der Waals surface area contributed by atoms with Crippen LogP contribution in [0.25, 0.3) is 0 Å². The SMILES string of the molecule is CC(C)(C)c1ccc(=O)n(CC(O)c2ccc(Cl)cc2Cl)n1. The molecule has 1 atom stereocenters. The van der Waals surface area contributed by atoms with Crippen LogP contribution in [0.5, 0.6) is 0 Å². The molecule has 1 heterocycles. The Labute approximate surface area is 139 Å². The molecule has 6 heteroatoms. The number of nitrogens with zero attached hydrogens (tertiary/aromatic N) is 2. The summed E-state index contributed by atoms with van der Waals surface area (Å²) in [5.74, 6) is 0. The van der Waals surface area contributed by atoms with E-state index in [1.807, 2.05) is 20.8 Å². The Kier molecular flexibility index (Phi) is 4.95. The van der Waals surface area contributed by atoms with Crippen molar-refractivity contribution in [2.45, 2.75) is 38.8 Å². The molecule has 0 saturated heterocycles. The van der Waals surface area contributed by atoms with Crippen LogP contribution < -0.4 is 5.56 Å². The van der Waals surface area contributed by atoms with E-state index in [4.69, 9.17) is 23.2 Å². The van der Waals surface area contributed by atoms with E-state index in [2.05, 4.69) is 5.10 Å². The van der Waals surface area contributed by atoms with Crippen molar-refractivity contribution >= 4 is 23.2 Å². The van der Waals surface area contributed by atoms with E-state index in [9.17, 15) is 9.90 Å². The number of rotatable bonds is 3. The summed E-state index contributed by atoms with van der Waals surface area (Å²) >= 11 is 11.9. The molecule has 118 valence electrons. The number of aliphatic hydroxyl groups excluding tert-OH is 1. The van der Waals surface area contributed by atoms with Gasteiger partial charge in [0, 0.05) is 27.1 Å². The average Bonchev–Trinajstić information content (AvgIpc) is 2.39. The van der Waals surface area contributed by atoms with Gasteiger partial charge in [-0.1, -0.05) is 50.0 Å². The highest BCUT2D eigenvalue weighted by atomic mass is 35.5. The van der Waals surface area contributed by atoms with Crippen LogP contribution in [0.3, 0.4) is 0 Å². The summed E-state index contributed by atoms with van der Waals surface area (Å²) in [5.41, 5.74) is 0.845. The van der Waals surface area contributed by atoms with E-state index >= 15 is 0 Å². The van der Waals surface area contributed by atoms with E-state index in [1.54, 1.807) is 24.3 Å². The third-order valence-corrected chi connectivity index (χ3v) is 3.86. The van der Waals surface area contributed by atoms with Gasteiger partial charge in [-0.05, 0) is 18.2 Å². The first-order chi connectivity index (χ1) is 10.2. The first-order valence-corrected chi connectivity index (χ1v) is 7.66. The highest BCUT2D eigenvalue weighted by Crippen LogP contribution is 2.27. The topological polar surface area (TPSA) is 55.1 Å². The van der Waals surface area contributed by atoms with Crippen LogP contribution in [-0.4, -0.2) is 14.9 Å². The molecular weight excluding hydrogens is 323 g/mol. The molecule has 2 aromatic rings. The first kappa shape index (κ1) is 17.0. The first-order valence-electron chi connectivity index (χ1n) is 6.90. The molecule has 22 heavy (non-hydrogen) atoms. The minimum Gasteiger partial charge on any atom is -0.386 e. The monoisotopic (exact) mass is 340 g/mol. The van der Waals surface area contributed by atoms with Crippen LogP contribution in [0.4, 0.5) is 0 Å². The second-order valence-electron chi connectivity index (χ2n) is 6.17. The highest BCUT2D eigenvalue weighted by molar-refractivity contribution is 6.35. The zero-order valence-electron chi connectivity index (χ0n) is 12.7. The Morgan fingerprint density at radius 3 is 2.50 bits per heavy atom. The summed E-state index contributed by atoms with van der Waals surface area (Å²) in [7, 11) is 0. The van der Waals surface area contributed by atoms with Crippen molar-refractivity contribution in [3.05, 3.63) is 62.0 Å². The van der Waals surface area contributed by atoms with Crippen molar-refractivity contribution in [2.24, 2.45) is 0 Å². The minimum absolute atomic E-state index is 0.0319. The van der Waals surface area contributed by atoms with E-state index < -0.39 is 6.10 Å². The lowest BCUT2D eigenvalue weighted by atomic mass is 9.92. The maximum Gasteiger partial charge on any atom is 0.266 e. The number of halogens is 2. The summed E-state index contributed by atoms with van der Waals surface area (Å²) in [6.45, 7) is 6.06. The Bertz CT molecular complexity index is 736. The van der Waals surface area contributed by atoms with Gasteiger partial charge in [-0.15, -0.1) is 0 Å². The smallest absolute Gasteiger partial charge is 0.266 e. The maximum absolute atomic E-state index is 11.9. The number of hydrogen-bond donors (Lipinski definition) is 1. The molecule has 2 rings (SSSR count). The van der Waals surface area contributed by atoms with Crippen LogP contribution in [-0.2, 0) is 12.0 Å². The Morgan fingerprint density at radius 2 is 1.91 bits per heavy atom. The zero-order valence-corrected chi connectivity index (χ0v) is 14.2. The lowest BCUT2D eigenvalue weighted by molar-refractivity contribution is 0.148. The van der Waals surface area contributed by atoms with E-state index in [0.29, 0.717) is 15.6 Å². The van der Waals surface area contributed by atoms with Gasteiger partial charge in [0.15, 0.2) is 0 Å². The number of aliphatic hydroxyl groups is 1. The van der Waals surface area contributed by atoms with Gasteiger partial charge >= 0.3 is 0 Å². The summed E-state index contributed by atoms with van der Waals surface area (Å²) < 4.78 is 1.26. The second kappa shape index (κ2) is 6.41. The van der Waals surface area contributed by atoms with E-state index in [-0.39, 0.29) is 17.5 Å². The standard InChI is InChI=1S/C16H18Cl2N2O2/c1-16(2,3)14-6-7-15(22)20(19-14)9-13(21)11-5-4-10(17)8-12(11)18/h4-8,13,21H,9H2,1-3H3. The van der Waals surface area contributed by atoms with E-state index in [0.717, 1.165) is 5.69 Å². The molecule has 0 aliphatic carbocycles. The predicted octanol–water partition coefficient (Wildman–Crippen LogP) is 3.58. The summed E-state index contributed by atoms with van der Waals surface area (Å²) in [6.07, 6.45) is -0.940. The molecule has 0 fully saturated rings. The van der Waals surface area contributed by atoms with Gasteiger partial charge in [-0.3, -0.25) is 4.79 Å². The molecule has 0 aliphatic heterocycles. The van der Waals surface area contributed by atoms with Crippen molar-refractivity contribution in [3.63, 3.8) is 0 Å². The lowest BCUT2D eigenvalue weighted by Gasteiger charge is -2.20. The number of hydrogen-bond acceptors (Lipinski definition) is 3. The molecule has 1 aromatic carbocycles. The minimum atomic E-state index is -0.940. The molecule has 0 aliphatic rings. The average molecular weight is 341 g/mol. The Morgan fingerprint density at radius 1 is 1.23 bits per heavy atom. The molecule has 0 spiro atoms. The van der Waals surface area contributed by atoms with Crippen molar-refractivity contribution in [2.75, 3.05) is 0 Å². The maximum atomic E-state index is 11.9. The number of benzene rings is 1. The van der Waals surface area contributed by atoms with Crippen LogP contribution in [0, 0.1) is 0 Å². The molecule has 0 bridgehead atoms. The normalized spacial score (nSPS) is 13.2. The van der Waals surface area contributed by atoms with Crippen LogP contribution >= 0.6 is 23.2 Å². The third kappa shape index (κ3) is 3.88. The van der Waals surface area contributed by atoms with Crippen molar-refractivity contribution < 1.29 is 5.11 Å². The van der Waals surface area contributed by atoms with Crippen molar-refractivity contribution in [3.8, 4) is 0 Å². The molecule has 1 N–H and O–H groups in total. The fourth-order valence-electron chi connectivity index (χ4n) is 2.01. The lowest BCUT2D eigenvalue weighted by Crippen LogP contribution is -2.29. The van der Waals surface area contributed by atoms with Crippen molar-refractivity contribution in [1.29, 1.82) is 0 Å². The van der Waals surface area contributed by atoms with Crippen LogP contribution in [0.15, 0.2) is 35.1 Å². The van der Waals surface area contributed by atoms with Crippen LogP contribution in [0.2, 0.25) is 10.0 Å². The summed E-state index contributed by atoms with van der Waals surface area (Å²) in [6, 6.07) is 8.02. The quantitative estimate of drug-likeness (QED) is 0.928. The molecule has 0 amide bonds. The molecule has 0 radical (unpaired) electrons. The Balaban J connectivity index is 2.32. The summed E-state index contributed by atoms with van der Waals surface area (Å²) in [5, 5.41) is 15.5. The zero-order chi connectivity index (χ0) is 16.5. The molecule has 1 unspecified atom stereocenters. The highest BCUT2D eigenvalue weighted by Gasteiger charge is 2.19. The molecular formula is C16H18Cl2N2O2. The third-order valence-electron chi connectivity index (χ3n) is 3.30. The van der Waals surface area contributed by atoms with Gasteiger partial charge in [0.1, 0.15) is 6.10 Å². The fraction of sp³-hybridized carbons (Fsp3) is 0.375. The van der Waals surface area contributed by atoms with Gasteiger partial charge in [0.25, 0.3) is 5.56 Å². The van der Waals surface area contributed by atoms with E-state index in [1.165, 1.54) is 10.7 Å². The van der Waals surface area contributed by atoms with Gasteiger partial charge in [-0.2, -0.15) is 5.10 Å². The molecule has 1 aromatic heterocycles.